The molecule has 6 heteroatoms. The van der Waals surface area contributed by atoms with Crippen LogP contribution in [0.3, 0.4) is 0 Å². The molecular weight excluding hydrogens is 230 g/mol. The van der Waals surface area contributed by atoms with Gasteiger partial charge in [-0.25, -0.2) is 14.5 Å². The average Bonchev–Trinajstić information content (AvgIpc) is 2.68. The first-order valence-corrected chi connectivity index (χ1v) is 5.50. The number of carbonyl (C=O) groups is 1. The number of aryl methyl sites for hydroxylation is 1. The number of fused-ring (bicyclic) bond motifs is 3. The van der Waals surface area contributed by atoms with Crippen molar-refractivity contribution in [1.82, 2.24) is 19.6 Å². The van der Waals surface area contributed by atoms with Gasteiger partial charge in [0.15, 0.2) is 11.3 Å². The van der Waals surface area contributed by atoms with Gasteiger partial charge < -0.3 is 5.73 Å². The molecule has 2 N–H and O–H groups in total. The summed E-state index contributed by atoms with van der Waals surface area (Å²) in [7, 11) is 0. The second kappa shape index (κ2) is 3.49. The molecule has 3 aromatic heterocycles. The standard InChI is InChI=1S/C12H11N5O/c1-6-7(2)15-12-8-4-3-5-14-11(8)16-17(12)9(6)10(13)18/h3-5H,1-2H3,(H2,13,18). The van der Waals surface area contributed by atoms with Crippen molar-refractivity contribution in [3.8, 4) is 0 Å². The predicted molar refractivity (Wildman–Crippen MR) is 66.3 cm³/mol. The van der Waals surface area contributed by atoms with Gasteiger partial charge in [0.25, 0.3) is 5.91 Å². The maximum Gasteiger partial charge on any atom is 0.267 e. The Morgan fingerprint density at radius 1 is 1.39 bits per heavy atom. The van der Waals surface area contributed by atoms with Gasteiger partial charge >= 0.3 is 0 Å². The van der Waals surface area contributed by atoms with Gasteiger partial charge in [0.2, 0.25) is 0 Å². The smallest absolute Gasteiger partial charge is 0.267 e. The first-order chi connectivity index (χ1) is 8.59. The molecule has 18 heavy (non-hydrogen) atoms. The van der Waals surface area contributed by atoms with Gasteiger partial charge in [0, 0.05) is 17.5 Å². The van der Waals surface area contributed by atoms with Gasteiger partial charge in [-0.2, -0.15) is 0 Å². The molecule has 0 aliphatic carbocycles. The summed E-state index contributed by atoms with van der Waals surface area (Å²) < 4.78 is 1.47. The lowest BCUT2D eigenvalue weighted by atomic mass is 10.2. The number of amides is 1. The fourth-order valence-electron chi connectivity index (χ4n) is 2.03. The molecule has 0 bridgehead atoms. The highest BCUT2D eigenvalue weighted by Crippen LogP contribution is 2.20. The van der Waals surface area contributed by atoms with Gasteiger partial charge in [-0.1, -0.05) is 0 Å². The van der Waals surface area contributed by atoms with Gasteiger partial charge in [-0.15, -0.1) is 5.10 Å². The normalized spacial score (nSPS) is 11.2. The maximum atomic E-state index is 11.6. The first-order valence-electron chi connectivity index (χ1n) is 5.50. The monoisotopic (exact) mass is 241 g/mol. The van der Waals surface area contributed by atoms with Crippen LogP contribution >= 0.6 is 0 Å². The zero-order chi connectivity index (χ0) is 12.9. The van der Waals surface area contributed by atoms with E-state index in [1.165, 1.54) is 4.52 Å². The van der Waals surface area contributed by atoms with Crippen LogP contribution in [0.4, 0.5) is 0 Å². The molecule has 0 aromatic carbocycles. The molecule has 90 valence electrons. The quantitative estimate of drug-likeness (QED) is 0.688. The molecule has 3 rings (SSSR count). The number of pyridine rings is 1. The van der Waals surface area contributed by atoms with Crippen molar-refractivity contribution >= 4 is 22.6 Å². The van der Waals surface area contributed by atoms with E-state index in [9.17, 15) is 4.79 Å². The van der Waals surface area contributed by atoms with Crippen molar-refractivity contribution in [3.05, 3.63) is 35.3 Å². The summed E-state index contributed by atoms with van der Waals surface area (Å²) in [5, 5.41) is 5.09. The Kier molecular flexibility index (Phi) is 2.07. The van der Waals surface area contributed by atoms with Crippen molar-refractivity contribution in [1.29, 1.82) is 0 Å². The Balaban J connectivity index is 2.59. The zero-order valence-electron chi connectivity index (χ0n) is 10.0. The largest absolute Gasteiger partial charge is 0.364 e. The first kappa shape index (κ1) is 10.6. The second-order valence-electron chi connectivity index (χ2n) is 4.15. The lowest BCUT2D eigenvalue weighted by Gasteiger charge is -2.07. The number of primary amides is 1. The summed E-state index contributed by atoms with van der Waals surface area (Å²) in [6, 6.07) is 3.68. The number of hydrogen-bond acceptors (Lipinski definition) is 4. The average molecular weight is 241 g/mol. The number of nitrogens with zero attached hydrogens (tertiary/aromatic N) is 4. The lowest BCUT2D eigenvalue weighted by Crippen LogP contribution is -2.19. The van der Waals surface area contributed by atoms with Crippen LogP contribution in [-0.2, 0) is 0 Å². The van der Waals surface area contributed by atoms with Crippen LogP contribution in [-0.4, -0.2) is 25.5 Å². The summed E-state index contributed by atoms with van der Waals surface area (Å²) >= 11 is 0. The molecule has 0 aliphatic rings. The molecule has 0 radical (unpaired) electrons. The third-order valence-electron chi connectivity index (χ3n) is 3.04. The predicted octanol–water partition coefficient (Wildman–Crippen LogP) is 0.993. The molecule has 0 saturated heterocycles. The number of aromatic nitrogens is 4. The Morgan fingerprint density at radius 3 is 2.89 bits per heavy atom. The third kappa shape index (κ3) is 1.29. The van der Waals surface area contributed by atoms with E-state index in [1.807, 2.05) is 26.0 Å². The SMILES string of the molecule is Cc1nc2c3cccnc3nn2c(C(N)=O)c1C. The lowest BCUT2D eigenvalue weighted by molar-refractivity contribution is 0.0992. The van der Waals surface area contributed by atoms with Crippen molar-refractivity contribution in [2.24, 2.45) is 5.73 Å². The molecule has 3 heterocycles. The molecule has 0 aliphatic heterocycles. The number of carbonyl (C=O) groups excluding carboxylic acids is 1. The van der Waals surface area contributed by atoms with Crippen molar-refractivity contribution in [2.75, 3.05) is 0 Å². The second-order valence-corrected chi connectivity index (χ2v) is 4.15. The highest BCUT2D eigenvalue weighted by Gasteiger charge is 2.17. The van der Waals surface area contributed by atoms with E-state index in [0.717, 1.165) is 16.6 Å². The molecule has 6 nitrogen and oxygen atoms in total. The summed E-state index contributed by atoms with van der Waals surface area (Å²) in [6.07, 6.45) is 1.65. The molecule has 0 spiro atoms. The Labute approximate surface area is 102 Å². The minimum absolute atomic E-state index is 0.357. The minimum atomic E-state index is -0.518. The van der Waals surface area contributed by atoms with Crippen LogP contribution in [0, 0.1) is 13.8 Å². The van der Waals surface area contributed by atoms with Gasteiger partial charge in [0.1, 0.15) is 5.69 Å². The maximum absolute atomic E-state index is 11.6. The highest BCUT2D eigenvalue weighted by molar-refractivity contribution is 5.96. The van der Waals surface area contributed by atoms with E-state index in [2.05, 4.69) is 15.1 Å². The molecule has 0 saturated carbocycles. The summed E-state index contributed by atoms with van der Waals surface area (Å²) in [5.74, 6) is -0.518. The van der Waals surface area contributed by atoms with Crippen molar-refractivity contribution in [2.45, 2.75) is 13.8 Å². The molecule has 0 atom stereocenters. The molecule has 1 amide bonds. The van der Waals surface area contributed by atoms with Gasteiger partial charge in [0.05, 0.1) is 5.39 Å². The summed E-state index contributed by atoms with van der Waals surface area (Å²) in [4.78, 5) is 20.2. The van der Waals surface area contributed by atoms with Crippen LogP contribution in [0.2, 0.25) is 0 Å². The molecule has 3 aromatic rings. The summed E-state index contributed by atoms with van der Waals surface area (Å²) in [6.45, 7) is 3.65. The Hall–Kier alpha value is -2.50. The third-order valence-corrected chi connectivity index (χ3v) is 3.04. The fourth-order valence-corrected chi connectivity index (χ4v) is 2.03. The topological polar surface area (TPSA) is 86.2 Å². The van der Waals surface area contributed by atoms with E-state index < -0.39 is 5.91 Å². The van der Waals surface area contributed by atoms with E-state index in [4.69, 9.17) is 5.73 Å². The molecule has 0 fully saturated rings. The summed E-state index contributed by atoms with van der Waals surface area (Å²) in [5.41, 5.74) is 8.44. The molecular formula is C12H11N5O. The van der Waals surface area contributed by atoms with Crippen molar-refractivity contribution < 1.29 is 4.79 Å². The van der Waals surface area contributed by atoms with Crippen LogP contribution in [0.25, 0.3) is 16.7 Å². The van der Waals surface area contributed by atoms with Gasteiger partial charge in [-0.3, -0.25) is 4.79 Å². The Morgan fingerprint density at radius 2 is 2.17 bits per heavy atom. The number of nitrogens with two attached hydrogens (primary N) is 1. The minimum Gasteiger partial charge on any atom is -0.364 e. The van der Waals surface area contributed by atoms with Crippen LogP contribution in [0.15, 0.2) is 18.3 Å². The molecule has 0 unspecified atom stereocenters. The fraction of sp³-hybridized carbons (Fsp3) is 0.167. The van der Waals surface area contributed by atoms with Gasteiger partial charge in [-0.05, 0) is 26.0 Å². The van der Waals surface area contributed by atoms with E-state index in [-0.39, 0.29) is 0 Å². The number of hydrogen-bond donors (Lipinski definition) is 1. The highest BCUT2D eigenvalue weighted by atomic mass is 16.1. The zero-order valence-corrected chi connectivity index (χ0v) is 10.0. The van der Waals surface area contributed by atoms with E-state index in [1.54, 1.807) is 6.20 Å². The van der Waals surface area contributed by atoms with Crippen LogP contribution < -0.4 is 5.73 Å². The number of rotatable bonds is 1. The Bertz CT molecular complexity index is 790. The van der Waals surface area contributed by atoms with Crippen LogP contribution in [0.1, 0.15) is 21.7 Å². The van der Waals surface area contributed by atoms with E-state index in [0.29, 0.717) is 17.0 Å². The van der Waals surface area contributed by atoms with Crippen molar-refractivity contribution in [3.63, 3.8) is 0 Å². The van der Waals surface area contributed by atoms with E-state index >= 15 is 0 Å². The van der Waals surface area contributed by atoms with Crippen LogP contribution in [0.5, 0.6) is 0 Å².